The monoisotopic (exact) mass is 547 g/mol. The van der Waals surface area contributed by atoms with E-state index in [1.165, 1.54) is 45.6 Å². The highest BCUT2D eigenvalue weighted by Crippen LogP contribution is 2.34. The lowest BCUT2D eigenvalue weighted by Gasteiger charge is -2.28. The molecule has 1 aliphatic carbocycles. The van der Waals surface area contributed by atoms with Gasteiger partial charge in [-0.05, 0) is 98.9 Å². The van der Waals surface area contributed by atoms with Crippen molar-refractivity contribution >= 4 is 11.5 Å². The number of aliphatic imine (C=N–C) groups is 1. The van der Waals surface area contributed by atoms with E-state index in [4.69, 9.17) is 9.73 Å². The number of hydrogen-bond donors (Lipinski definition) is 0. The van der Waals surface area contributed by atoms with Crippen LogP contribution in [0.4, 0.5) is 0 Å². The third kappa shape index (κ3) is 7.85. The molecule has 0 atom stereocenters. The van der Waals surface area contributed by atoms with Crippen LogP contribution in [0.2, 0.25) is 0 Å². The van der Waals surface area contributed by atoms with E-state index >= 15 is 0 Å². The summed E-state index contributed by atoms with van der Waals surface area (Å²) in [5.74, 6) is 2.21. The minimum absolute atomic E-state index is 0.168. The van der Waals surface area contributed by atoms with Crippen LogP contribution in [0.3, 0.4) is 0 Å². The van der Waals surface area contributed by atoms with Crippen molar-refractivity contribution in [3.8, 4) is 5.75 Å². The molecule has 3 heteroatoms. The maximum absolute atomic E-state index is 13.3. The number of Topliss-reactive ketones (excluding diaryl/α,β-unsaturated/α-hetero) is 1. The summed E-state index contributed by atoms with van der Waals surface area (Å²) in [5, 5.41) is 0. The molecule has 3 aromatic carbocycles. The SMILES string of the molecule is CCc1cc(CCC2CCC(C(=O)c3ccc(CC4=NC(Cc5cccc(C)c5)=CCC4)cc3)CC2)ccc1OC. The molecule has 0 spiro atoms. The topological polar surface area (TPSA) is 38.7 Å². The molecule has 0 bridgehead atoms. The molecule has 0 radical (unpaired) electrons. The maximum atomic E-state index is 13.3. The van der Waals surface area contributed by atoms with Gasteiger partial charge in [-0.1, -0.05) is 79.2 Å². The standard InChI is InChI=1S/C38H45NO2/c1-4-32-24-29(17-22-37(32)41-3)12-11-28-13-18-33(19-14-28)38(40)34-20-15-30(16-21-34)25-35-9-6-10-36(39-35)26-31-8-5-7-27(2)23-31/h5,7-8,10,15-17,20-24,28,33H,4,6,9,11-14,18-19,25-26H2,1-3H3. The molecule has 3 nitrogen and oxygen atoms in total. The van der Waals surface area contributed by atoms with Crippen molar-refractivity contribution in [3.05, 3.63) is 112 Å². The molecule has 0 unspecified atom stereocenters. The lowest BCUT2D eigenvalue weighted by Crippen LogP contribution is -2.22. The Morgan fingerprint density at radius 1 is 0.902 bits per heavy atom. The van der Waals surface area contributed by atoms with E-state index in [2.05, 4.69) is 74.5 Å². The zero-order chi connectivity index (χ0) is 28.6. The van der Waals surface area contributed by atoms with Crippen LogP contribution < -0.4 is 4.74 Å². The Morgan fingerprint density at radius 2 is 1.68 bits per heavy atom. The molecule has 1 saturated carbocycles. The van der Waals surface area contributed by atoms with Gasteiger partial charge in [0.15, 0.2) is 5.78 Å². The molecule has 0 amide bonds. The predicted octanol–water partition coefficient (Wildman–Crippen LogP) is 9.09. The van der Waals surface area contributed by atoms with Gasteiger partial charge < -0.3 is 4.74 Å². The quantitative estimate of drug-likeness (QED) is 0.225. The lowest BCUT2D eigenvalue weighted by molar-refractivity contribution is 0.0870. The Balaban J connectivity index is 1.09. The zero-order valence-electron chi connectivity index (χ0n) is 25.1. The van der Waals surface area contributed by atoms with Crippen LogP contribution in [0.25, 0.3) is 0 Å². The number of ether oxygens (including phenoxy) is 1. The van der Waals surface area contributed by atoms with E-state index in [-0.39, 0.29) is 5.92 Å². The number of methoxy groups -OCH3 is 1. The Labute approximate surface area is 246 Å². The Hall–Kier alpha value is -3.46. The van der Waals surface area contributed by atoms with E-state index < -0.39 is 0 Å². The third-order valence-corrected chi connectivity index (χ3v) is 9.01. The summed E-state index contributed by atoms with van der Waals surface area (Å²) in [5.41, 5.74) is 9.83. The van der Waals surface area contributed by atoms with E-state index in [1.54, 1.807) is 7.11 Å². The van der Waals surface area contributed by atoms with Gasteiger partial charge in [-0.2, -0.15) is 0 Å². The van der Waals surface area contributed by atoms with E-state index in [0.717, 1.165) is 81.4 Å². The molecular weight excluding hydrogens is 502 g/mol. The largest absolute Gasteiger partial charge is 0.496 e. The molecule has 1 fully saturated rings. The summed E-state index contributed by atoms with van der Waals surface area (Å²) in [6.07, 6.45) is 13.7. The Bertz CT molecular complexity index is 1390. The number of aryl methyl sites for hydroxylation is 3. The summed E-state index contributed by atoms with van der Waals surface area (Å²) in [6.45, 7) is 4.32. The zero-order valence-corrected chi connectivity index (χ0v) is 25.1. The van der Waals surface area contributed by atoms with E-state index in [0.29, 0.717) is 5.78 Å². The molecule has 2 aliphatic rings. The molecule has 0 aromatic heterocycles. The minimum Gasteiger partial charge on any atom is -0.496 e. The normalized spacial score (nSPS) is 18.9. The third-order valence-electron chi connectivity index (χ3n) is 9.01. The number of benzene rings is 3. The van der Waals surface area contributed by atoms with Crippen molar-refractivity contribution in [2.75, 3.05) is 7.11 Å². The first kappa shape index (κ1) is 29.0. The molecule has 5 rings (SSSR count). The number of ketones is 1. The summed E-state index contributed by atoms with van der Waals surface area (Å²) in [7, 11) is 1.75. The number of allylic oxidation sites excluding steroid dienone is 2. The van der Waals surface area contributed by atoms with Gasteiger partial charge in [0.25, 0.3) is 0 Å². The molecule has 214 valence electrons. The van der Waals surface area contributed by atoms with Crippen molar-refractivity contribution < 1.29 is 9.53 Å². The van der Waals surface area contributed by atoms with Crippen LogP contribution in [0.5, 0.6) is 5.75 Å². The lowest BCUT2D eigenvalue weighted by atomic mass is 9.76. The Morgan fingerprint density at radius 3 is 2.41 bits per heavy atom. The van der Waals surface area contributed by atoms with Crippen LogP contribution in [0, 0.1) is 18.8 Å². The molecule has 0 N–H and O–H groups in total. The van der Waals surface area contributed by atoms with Gasteiger partial charge in [0.1, 0.15) is 5.75 Å². The summed E-state index contributed by atoms with van der Waals surface area (Å²) in [6, 6.07) is 23.7. The van der Waals surface area contributed by atoms with Gasteiger partial charge in [-0.15, -0.1) is 0 Å². The fourth-order valence-electron chi connectivity index (χ4n) is 6.59. The summed E-state index contributed by atoms with van der Waals surface area (Å²) in [4.78, 5) is 18.3. The number of hydrogen-bond acceptors (Lipinski definition) is 3. The molecule has 3 aromatic rings. The number of rotatable bonds is 11. The smallest absolute Gasteiger partial charge is 0.165 e. The van der Waals surface area contributed by atoms with Crippen LogP contribution in [-0.2, 0) is 25.7 Å². The molecule has 1 aliphatic heterocycles. The van der Waals surface area contributed by atoms with Crippen LogP contribution in [-0.4, -0.2) is 18.6 Å². The van der Waals surface area contributed by atoms with Crippen molar-refractivity contribution in [1.29, 1.82) is 0 Å². The highest BCUT2D eigenvalue weighted by Gasteiger charge is 2.27. The predicted molar refractivity (Wildman–Crippen MR) is 170 cm³/mol. The first-order valence-corrected chi connectivity index (χ1v) is 15.6. The minimum atomic E-state index is 0.168. The highest BCUT2D eigenvalue weighted by atomic mass is 16.5. The van der Waals surface area contributed by atoms with Crippen molar-refractivity contribution in [3.63, 3.8) is 0 Å². The number of nitrogens with zero attached hydrogens (tertiary/aromatic N) is 1. The van der Waals surface area contributed by atoms with Gasteiger partial charge >= 0.3 is 0 Å². The number of carbonyl (C=O) groups excluding carboxylic acids is 1. The van der Waals surface area contributed by atoms with Crippen LogP contribution in [0.15, 0.2) is 83.5 Å². The second-order valence-corrected chi connectivity index (χ2v) is 12.1. The fraction of sp³-hybridized carbons (Fsp3) is 0.421. The average Bonchev–Trinajstić information content (AvgIpc) is 3.00. The molecule has 1 heterocycles. The van der Waals surface area contributed by atoms with Crippen molar-refractivity contribution in [2.45, 2.75) is 84.5 Å². The highest BCUT2D eigenvalue weighted by molar-refractivity contribution is 5.98. The van der Waals surface area contributed by atoms with Gasteiger partial charge in [0, 0.05) is 35.7 Å². The van der Waals surface area contributed by atoms with Gasteiger partial charge in [0.05, 0.1) is 7.11 Å². The first-order valence-electron chi connectivity index (χ1n) is 15.6. The second-order valence-electron chi connectivity index (χ2n) is 12.1. The second kappa shape index (κ2) is 13.9. The summed E-state index contributed by atoms with van der Waals surface area (Å²) >= 11 is 0. The fourth-order valence-corrected chi connectivity index (χ4v) is 6.59. The van der Waals surface area contributed by atoms with E-state index in [1.807, 2.05) is 12.1 Å². The molecule has 41 heavy (non-hydrogen) atoms. The van der Waals surface area contributed by atoms with Crippen molar-refractivity contribution in [1.82, 2.24) is 0 Å². The molecular formula is C38H45NO2. The molecule has 0 saturated heterocycles. The van der Waals surface area contributed by atoms with Crippen LogP contribution >= 0.6 is 0 Å². The average molecular weight is 548 g/mol. The van der Waals surface area contributed by atoms with E-state index in [9.17, 15) is 4.79 Å². The Kier molecular flexibility index (Phi) is 9.88. The van der Waals surface area contributed by atoms with Gasteiger partial charge in [0.2, 0.25) is 0 Å². The summed E-state index contributed by atoms with van der Waals surface area (Å²) < 4.78 is 5.48. The maximum Gasteiger partial charge on any atom is 0.165 e. The number of carbonyl (C=O) groups is 1. The first-order chi connectivity index (χ1) is 20.0. The van der Waals surface area contributed by atoms with Gasteiger partial charge in [-0.25, -0.2) is 0 Å². The van der Waals surface area contributed by atoms with Crippen molar-refractivity contribution in [2.24, 2.45) is 16.8 Å². The van der Waals surface area contributed by atoms with Crippen LogP contribution in [0.1, 0.15) is 90.0 Å². The van der Waals surface area contributed by atoms with Gasteiger partial charge in [-0.3, -0.25) is 9.79 Å².